The largest absolute Gasteiger partial charge is 0.352 e. The first-order chi connectivity index (χ1) is 13.5. The third kappa shape index (κ3) is 5.23. The van der Waals surface area contributed by atoms with Crippen LogP contribution in [-0.2, 0) is 6.42 Å². The molecule has 2 aromatic carbocycles. The molecular weight excluding hydrogens is 357 g/mol. The van der Waals surface area contributed by atoms with Crippen LogP contribution in [0.4, 0.5) is 10.1 Å². The second-order valence-electron chi connectivity index (χ2n) is 6.41. The van der Waals surface area contributed by atoms with Gasteiger partial charge >= 0.3 is 0 Å². The van der Waals surface area contributed by atoms with E-state index in [9.17, 15) is 14.0 Å². The second kappa shape index (κ2) is 8.90. The lowest BCUT2D eigenvalue weighted by Crippen LogP contribution is -2.26. The summed E-state index contributed by atoms with van der Waals surface area (Å²) in [5, 5.41) is 5.56. The summed E-state index contributed by atoms with van der Waals surface area (Å²) in [4.78, 5) is 28.7. The molecule has 5 nitrogen and oxygen atoms in total. The number of carbonyl (C=O) groups excluding carboxylic acids is 2. The minimum Gasteiger partial charge on any atom is -0.352 e. The minimum absolute atomic E-state index is 0.292. The van der Waals surface area contributed by atoms with Gasteiger partial charge in [-0.05, 0) is 49.2 Å². The Morgan fingerprint density at radius 2 is 1.57 bits per heavy atom. The zero-order valence-corrected chi connectivity index (χ0v) is 15.4. The van der Waals surface area contributed by atoms with Crippen LogP contribution in [0.3, 0.4) is 0 Å². The number of pyridine rings is 1. The maximum atomic E-state index is 12.9. The van der Waals surface area contributed by atoms with E-state index in [1.165, 1.54) is 30.6 Å². The van der Waals surface area contributed by atoms with E-state index in [1.807, 2.05) is 31.2 Å². The van der Waals surface area contributed by atoms with Crippen LogP contribution in [0.5, 0.6) is 0 Å². The van der Waals surface area contributed by atoms with Gasteiger partial charge in [-0.2, -0.15) is 0 Å². The molecule has 0 saturated carbocycles. The number of nitrogens with one attached hydrogen (secondary N) is 2. The van der Waals surface area contributed by atoms with Crippen LogP contribution in [0, 0.1) is 12.7 Å². The Morgan fingerprint density at radius 1 is 0.929 bits per heavy atom. The molecule has 0 aliphatic rings. The van der Waals surface area contributed by atoms with E-state index in [1.54, 1.807) is 12.1 Å². The van der Waals surface area contributed by atoms with Crippen molar-refractivity contribution in [3.63, 3.8) is 0 Å². The van der Waals surface area contributed by atoms with Gasteiger partial charge < -0.3 is 10.6 Å². The van der Waals surface area contributed by atoms with Gasteiger partial charge in [0.05, 0.1) is 11.1 Å². The molecule has 1 aromatic heterocycles. The molecule has 0 radical (unpaired) electrons. The third-order valence-electron chi connectivity index (χ3n) is 4.18. The SMILES string of the molecule is Cc1ccc(NC(=O)c2cncc(C(=O)NCCc3ccc(F)cc3)c2)cc1. The van der Waals surface area contributed by atoms with Crippen molar-refractivity contribution in [2.45, 2.75) is 13.3 Å². The van der Waals surface area contributed by atoms with Crippen molar-refractivity contribution in [3.05, 3.63) is 95.1 Å². The van der Waals surface area contributed by atoms with Gasteiger partial charge in [0.15, 0.2) is 0 Å². The molecule has 28 heavy (non-hydrogen) atoms. The maximum absolute atomic E-state index is 12.9. The summed E-state index contributed by atoms with van der Waals surface area (Å²) < 4.78 is 12.9. The number of halogens is 1. The Balaban J connectivity index is 1.58. The lowest BCUT2D eigenvalue weighted by atomic mass is 10.1. The monoisotopic (exact) mass is 377 g/mol. The molecule has 0 spiro atoms. The molecule has 3 aromatic rings. The van der Waals surface area contributed by atoms with Crippen molar-refractivity contribution in [2.75, 3.05) is 11.9 Å². The molecule has 6 heteroatoms. The van der Waals surface area contributed by atoms with E-state index in [0.717, 1.165) is 11.1 Å². The molecule has 0 atom stereocenters. The molecule has 0 saturated heterocycles. The standard InChI is InChI=1S/C22H20FN3O2/c1-15-2-8-20(9-3-15)26-22(28)18-12-17(13-24-14-18)21(27)25-11-10-16-4-6-19(23)7-5-16/h2-9,12-14H,10-11H2,1H3,(H,25,27)(H,26,28). The number of aromatic nitrogens is 1. The highest BCUT2D eigenvalue weighted by molar-refractivity contribution is 6.05. The molecule has 2 amide bonds. The number of benzene rings is 2. The van der Waals surface area contributed by atoms with Crippen molar-refractivity contribution < 1.29 is 14.0 Å². The molecule has 0 bridgehead atoms. The van der Waals surface area contributed by atoms with Crippen molar-refractivity contribution >= 4 is 17.5 Å². The van der Waals surface area contributed by atoms with Gasteiger partial charge in [-0.15, -0.1) is 0 Å². The number of rotatable bonds is 6. The second-order valence-corrected chi connectivity index (χ2v) is 6.41. The summed E-state index contributed by atoms with van der Waals surface area (Å²) in [7, 11) is 0. The highest BCUT2D eigenvalue weighted by Crippen LogP contribution is 2.11. The first-order valence-corrected chi connectivity index (χ1v) is 8.87. The van der Waals surface area contributed by atoms with Crippen molar-refractivity contribution in [3.8, 4) is 0 Å². The maximum Gasteiger partial charge on any atom is 0.257 e. The number of aryl methyl sites for hydroxylation is 1. The number of amides is 2. The summed E-state index contributed by atoms with van der Waals surface area (Å²) >= 11 is 0. The number of hydrogen-bond acceptors (Lipinski definition) is 3. The highest BCUT2D eigenvalue weighted by Gasteiger charge is 2.11. The number of anilines is 1. The van der Waals surface area contributed by atoms with Crippen molar-refractivity contribution in [2.24, 2.45) is 0 Å². The predicted octanol–water partition coefficient (Wildman–Crippen LogP) is 3.75. The molecular formula is C22H20FN3O2. The molecule has 0 aliphatic carbocycles. The summed E-state index contributed by atoms with van der Waals surface area (Å²) in [6.07, 6.45) is 3.40. The number of carbonyl (C=O) groups is 2. The molecule has 3 rings (SSSR count). The lowest BCUT2D eigenvalue weighted by molar-refractivity contribution is 0.0953. The summed E-state index contributed by atoms with van der Waals surface area (Å²) in [5.41, 5.74) is 3.29. The first kappa shape index (κ1) is 19.2. The van der Waals surface area contributed by atoms with E-state index in [-0.39, 0.29) is 17.6 Å². The van der Waals surface area contributed by atoms with E-state index in [4.69, 9.17) is 0 Å². The molecule has 142 valence electrons. The fraction of sp³-hybridized carbons (Fsp3) is 0.136. The van der Waals surface area contributed by atoms with E-state index >= 15 is 0 Å². The smallest absolute Gasteiger partial charge is 0.257 e. The summed E-state index contributed by atoms with van der Waals surface area (Å²) in [5.74, 6) is -0.948. The van der Waals surface area contributed by atoms with E-state index < -0.39 is 0 Å². The highest BCUT2D eigenvalue weighted by atomic mass is 19.1. The van der Waals surface area contributed by atoms with Crippen LogP contribution in [-0.4, -0.2) is 23.3 Å². The first-order valence-electron chi connectivity index (χ1n) is 8.87. The average molecular weight is 377 g/mol. The van der Waals surface area contributed by atoms with Gasteiger partial charge in [0.1, 0.15) is 5.82 Å². The zero-order chi connectivity index (χ0) is 19.9. The normalized spacial score (nSPS) is 10.4. The molecule has 0 aliphatic heterocycles. The summed E-state index contributed by atoms with van der Waals surface area (Å²) in [6.45, 7) is 2.36. The Kier molecular flexibility index (Phi) is 6.11. The predicted molar refractivity (Wildman–Crippen MR) is 106 cm³/mol. The topological polar surface area (TPSA) is 71.1 Å². The van der Waals surface area contributed by atoms with Gasteiger partial charge in [-0.25, -0.2) is 4.39 Å². The lowest BCUT2D eigenvalue weighted by Gasteiger charge is -2.08. The van der Waals surface area contributed by atoms with Crippen LogP contribution in [0.25, 0.3) is 0 Å². The van der Waals surface area contributed by atoms with Crippen LogP contribution in [0.1, 0.15) is 31.8 Å². The molecule has 1 heterocycles. The molecule has 2 N–H and O–H groups in total. The third-order valence-corrected chi connectivity index (χ3v) is 4.18. The quantitative estimate of drug-likeness (QED) is 0.687. The Bertz CT molecular complexity index is 970. The fourth-order valence-corrected chi connectivity index (χ4v) is 2.60. The summed E-state index contributed by atoms with van der Waals surface area (Å²) in [6, 6.07) is 15.1. The zero-order valence-electron chi connectivity index (χ0n) is 15.4. The van der Waals surface area contributed by atoms with Gasteiger partial charge in [0.25, 0.3) is 11.8 Å². The Labute approximate surface area is 162 Å². The molecule has 0 unspecified atom stereocenters. The van der Waals surface area contributed by atoms with Crippen molar-refractivity contribution in [1.29, 1.82) is 0 Å². The van der Waals surface area contributed by atoms with Crippen LogP contribution in [0.15, 0.2) is 67.0 Å². The van der Waals surface area contributed by atoms with Crippen molar-refractivity contribution in [1.82, 2.24) is 10.3 Å². The van der Waals surface area contributed by atoms with Crippen LogP contribution < -0.4 is 10.6 Å². The van der Waals surface area contributed by atoms with Crippen LogP contribution >= 0.6 is 0 Å². The van der Waals surface area contributed by atoms with Gasteiger partial charge in [0, 0.05) is 24.6 Å². The van der Waals surface area contributed by atoms with E-state index in [2.05, 4.69) is 15.6 Å². The average Bonchev–Trinajstić information content (AvgIpc) is 2.71. The van der Waals surface area contributed by atoms with Crippen LogP contribution in [0.2, 0.25) is 0 Å². The minimum atomic E-state index is -0.336. The Morgan fingerprint density at radius 3 is 2.25 bits per heavy atom. The Hall–Kier alpha value is -3.54. The number of nitrogens with zero attached hydrogens (tertiary/aromatic N) is 1. The van der Waals surface area contributed by atoms with E-state index in [0.29, 0.717) is 29.8 Å². The fourth-order valence-electron chi connectivity index (χ4n) is 2.60. The van der Waals surface area contributed by atoms with Gasteiger partial charge in [0.2, 0.25) is 0 Å². The van der Waals surface area contributed by atoms with Gasteiger partial charge in [-0.1, -0.05) is 29.8 Å². The molecule has 0 fully saturated rings. The number of hydrogen-bond donors (Lipinski definition) is 2. The van der Waals surface area contributed by atoms with Gasteiger partial charge in [-0.3, -0.25) is 14.6 Å².